The third-order valence-corrected chi connectivity index (χ3v) is 2.32. The Kier molecular flexibility index (Phi) is 2.57. The molecule has 0 unspecified atom stereocenters. The van der Waals surface area contributed by atoms with Crippen LogP contribution >= 0.6 is 11.6 Å². The Morgan fingerprint density at radius 3 is 2.71 bits per heavy atom. The molecular formula is C11H9ClO2. The number of furan rings is 1. The Labute approximate surface area is 86.7 Å². The molecule has 14 heavy (non-hydrogen) atoms. The summed E-state index contributed by atoms with van der Waals surface area (Å²) in [5.74, 6) is 0.542. The molecule has 0 radical (unpaired) electrons. The summed E-state index contributed by atoms with van der Waals surface area (Å²) in [6, 6.07) is 9.30. The lowest BCUT2D eigenvalue weighted by atomic mass is 10.1. The molecule has 1 aromatic carbocycles. The van der Waals surface area contributed by atoms with Crippen LogP contribution in [0.1, 0.15) is 5.76 Å². The molecule has 0 saturated carbocycles. The Morgan fingerprint density at radius 2 is 2.07 bits per heavy atom. The van der Waals surface area contributed by atoms with E-state index in [1.165, 1.54) is 0 Å². The highest BCUT2D eigenvalue weighted by Crippen LogP contribution is 2.28. The van der Waals surface area contributed by atoms with Crippen molar-refractivity contribution in [2.45, 2.75) is 6.61 Å². The molecule has 1 N–H and O–H groups in total. The van der Waals surface area contributed by atoms with Crippen molar-refractivity contribution in [1.82, 2.24) is 0 Å². The normalized spacial score (nSPS) is 10.4. The highest BCUT2D eigenvalue weighted by molar-refractivity contribution is 6.33. The predicted octanol–water partition coefficient (Wildman–Crippen LogP) is 3.09. The number of aliphatic hydroxyl groups is 1. The molecule has 2 nitrogen and oxygen atoms in total. The molecule has 2 aromatic rings. The van der Waals surface area contributed by atoms with Gasteiger partial charge in [0.1, 0.15) is 12.4 Å². The monoisotopic (exact) mass is 208 g/mol. The summed E-state index contributed by atoms with van der Waals surface area (Å²) in [4.78, 5) is 0. The van der Waals surface area contributed by atoms with E-state index in [1.54, 1.807) is 12.3 Å². The van der Waals surface area contributed by atoms with Gasteiger partial charge < -0.3 is 9.52 Å². The minimum atomic E-state index is -0.0928. The second kappa shape index (κ2) is 3.86. The number of aliphatic hydroxyl groups excluding tert-OH is 1. The fraction of sp³-hybridized carbons (Fsp3) is 0.0909. The molecule has 1 heterocycles. The second-order valence-corrected chi connectivity index (χ2v) is 3.35. The van der Waals surface area contributed by atoms with E-state index < -0.39 is 0 Å². The van der Waals surface area contributed by atoms with Gasteiger partial charge in [0.2, 0.25) is 0 Å². The number of hydrogen-bond acceptors (Lipinski definition) is 2. The molecule has 2 rings (SSSR count). The van der Waals surface area contributed by atoms with Gasteiger partial charge in [0.25, 0.3) is 0 Å². The Morgan fingerprint density at radius 1 is 1.29 bits per heavy atom. The summed E-state index contributed by atoms with van der Waals surface area (Å²) in [6.45, 7) is -0.0928. The average Bonchev–Trinajstić information content (AvgIpc) is 2.67. The number of halogens is 1. The van der Waals surface area contributed by atoms with Gasteiger partial charge in [-0.05, 0) is 12.1 Å². The largest absolute Gasteiger partial charge is 0.466 e. The van der Waals surface area contributed by atoms with E-state index in [9.17, 15) is 0 Å². The van der Waals surface area contributed by atoms with Crippen molar-refractivity contribution >= 4 is 11.6 Å². The molecule has 0 aliphatic carbocycles. The van der Waals surface area contributed by atoms with Crippen LogP contribution in [0.25, 0.3) is 11.1 Å². The van der Waals surface area contributed by atoms with Gasteiger partial charge in [-0.15, -0.1) is 0 Å². The topological polar surface area (TPSA) is 33.4 Å². The van der Waals surface area contributed by atoms with Crippen LogP contribution in [-0.2, 0) is 6.61 Å². The third-order valence-electron chi connectivity index (χ3n) is 1.99. The lowest BCUT2D eigenvalue weighted by Crippen LogP contribution is -1.76. The highest BCUT2D eigenvalue weighted by Gasteiger charge is 2.05. The minimum absolute atomic E-state index is 0.0928. The van der Waals surface area contributed by atoms with Gasteiger partial charge >= 0.3 is 0 Å². The Hall–Kier alpha value is -1.25. The van der Waals surface area contributed by atoms with E-state index in [2.05, 4.69) is 0 Å². The van der Waals surface area contributed by atoms with Crippen molar-refractivity contribution in [3.8, 4) is 11.1 Å². The molecule has 0 spiro atoms. The summed E-state index contributed by atoms with van der Waals surface area (Å²) in [7, 11) is 0. The fourth-order valence-electron chi connectivity index (χ4n) is 1.30. The molecule has 0 fully saturated rings. The van der Waals surface area contributed by atoms with Crippen molar-refractivity contribution in [1.29, 1.82) is 0 Å². The van der Waals surface area contributed by atoms with Gasteiger partial charge in [0.15, 0.2) is 0 Å². The molecule has 0 bridgehead atoms. The fourth-order valence-corrected chi connectivity index (χ4v) is 1.54. The zero-order valence-corrected chi connectivity index (χ0v) is 8.16. The van der Waals surface area contributed by atoms with Crippen LogP contribution in [0.15, 0.2) is 41.0 Å². The lowest BCUT2D eigenvalue weighted by Gasteiger charge is -1.98. The van der Waals surface area contributed by atoms with Gasteiger partial charge in [-0.1, -0.05) is 29.8 Å². The Bertz CT molecular complexity index is 434. The smallest absolute Gasteiger partial charge is 0.129 e. The van der Waals surface area contributed by atoms with E-state index in [0.717, 1.165) is 11.1 Å². The second-order valence-electron chi connectivity index (χ2n) is 2.94. The van der Waals surface area contributed by atoms with Crippen molar-refractivity contribution < 1.29 is 9.52 Å². The first-order valence-electron chi connectivity index (χ1n) is 4.24. The predicted molar refractivity (Wildman–Crippen MR) is 55.1 cm³/mol. The zero-order valence-electron chi connectivity index (χ0n) is 7.40. The Balaban J connectivity index is 2.44. The van der Waals surface area contributed by atoms with Gasteiger partial charge in [0, 0.05) is 16.1 Å². The van der Waals surface area contributed by atoms with E-state index in [0.29, 0.717) is 10.8 Å². The van der Waals surface area contributed by atoms with Crippen LogP contribution < -0.4 is 0 Å². The summed E-state index contributed by atoms with van der Waals surface area (Å²) in [5, 5.41) is 9.52. The van der Waals surface area contributed by atoms with Crippen LogP contribution in [-0.4, -0.2) is 5.11 Å². The highest BCUT2D eigenvalue weighted by atomic mass is 35.5. The van der Waals surface area contributed by atoms with E-state index >= 15 is 0 Å². The van der Waals surface area contributed by atoms with Crippen LogP contribution in [0.2, 0.25) is 5.02 Å². The summed E-state index contributed by atoms with van der Waals surface area (Å²) >= 11 is 6.01. The average molecular weight is 209 g/mol. The van der Waals surface area contributed by atoms with Crippen LogP contribution in [0, 0.1) is 0 Å². The summed E-state index contributed by atoms with van der Waals surface area (Å²) < 4.78 is 5.11. The quantitative estimate of drug-likeness (QED) is 0.823. The molecule has 3 heteroatoms. The zero-order chi connectivity index (χ0) is 9.97. The SMILES string of the molecule is OCc1cc(-c2ccccc2Cl)co1. The molecule has 0 aliphatic heterocycles. The van der Waals surface area contributed by atoms with Gasteiger partial charge in [-0.2, -0.15) is 0 Å². The van der Waals surface area contributed by atoms with E-state index in [-0.39, 0.29) is 6.61 Å². The van der Waals surface area contributed by atoms with Crippen LogP contribution in [0.4, 0.5) is 0 Å². The molecule has 72 valence electrons. The van der Waals surface area contributed by atoms with Gasteiger partial charge in [0.05, 0.1) is 6.26 Å². The van der Waals surface area contributed by atoms with Crippen LogP contribution in [0.3, 0.4) is 0 Å². The number of hydrogen-bond donors (Lipinski definition) is 1. The van der Waals surface area contributed by atoms with Crippen molar-refractivity contribution in [2.24, 2.45) is 0 Å². The summed E-state index contributed by atoms with van der Waals surface area (Å²) in [5.41, 5.74) is 1.80. The molecular weight excluding hydrogens is 200 g/mol. The third kappa shape index (κ3) is 1.67. The minimum Gasteiger partial charge on any atom is -0.466 e. The maximum atomic E-state index is 8.84. The maximum absolute atomic E-state index is 8.84. The van der Waals surface area contributed by atoms with Crippen molar-refractivity contribution in [3.05, 3.63) is 47.4 Å². The molecule has 0 atom stereocenters. The van der Waals surface area contributed by atoms with Crippen molar-refractivity contribution in [2.75, 3.05) is 0 Å². The van der Waals surface area contributed by atoms with E-state index in [1.807, 2.05) is 24.3 Å². The van der Waals surface area contributed by atoms with Gasteiger partial charge in [-0.25, -0.2) is 0 Å². The lowest BCUT2D eigenvalue weighted by molar-refractivity contribution is 0.247. The van der Waals surface area contributed by atoms with Crippen molar-refractivity contribution in [3.63, 3.8) is 0 Å². The van der Waals surface area contributed by atoms with E-state index in [4.69, 9.17) is 21.1 Å². The number of benzene rings is 1. The summed E-state index contributed by atoms with van der Waals surface area (Å²) in [6.07, 6.45) is 1.59. The number of rotatable bonds is 2. The maximum Gasteiger partial charge on any atom is 0.129 e. The molecule has 0 aliphatic rings. The molecule has 0 saturated heterocycles. The first-order valence-corrected chi connectivity index (χ1v) is 4.62. The first kappa shape index (κ1) is 9.31. The van der Waals surface area contributed by atoms with Gasteiger partial charge in [-0.3, -0.25) is 0 Å². The van der Waals surface area contributed by atoms with Crippen LogP contribution in [0.5, 0.6) is 0 Å². The first-order chi connectivity index (χ1) is 6.81. The molecule has 1 aromatic heterocycles. The molecule has 0 amide bonds. The standard InChI is InChI=1S/C11H9ClO2/c12-11-4-2-1-3-10(11)8-5-9(6-13)14-7-8/h1-5,7,13H,6H2.